The third-order valence-electron chi connectivity index (χ3n) is 4.40. The molecule has 0 aliphatic heterocycles. The van der Waals surface area contributed by atoms with Gasteiger partial charge < -0.3 is 15.0 Å². The quantitative estimate of drug-likeness (QED) is 0.603. The highest BCUT2D eigenvalue weighted by molar-refractivity contribution is 7.12. The molecule has 0 saturated heterocycles. The number of ether oxygens (including phenoxy) is 1. The fourth-order valence-electron chi connectivity index (χ4n) is 2.87. The summed E-state index contributed by atoms with van der Waals surface area (Å²) in [4.78, 5) is 27.1. The van der Waals surface area contributed by atoms with Crippen molar-refractivity contribution in [3.05, 3.63) is 87.6 Å². The van der Waals surface area contributed by atoms with E-state index in [0.29, 0.717) is 30.1 Å². The minimum absolute atomic E-state index is 0.0481. The van der Waals surface area contributed by atoms with E-state index >= 15 is 0 Å². The second-order valence-corrected chi connectivity index (χ2v) is 7.54. The number of carbonyl (C=O) groups is 2. The highest BCUT2D eigenvalue weighted by atomic mass is 32.1. The molecule has 1 heterocycles. The van der Waals surface area contributed by atoms with Gasteiger partial charge in [0.25, 0.3) is 11.8 Å². The molecule has 0 radical (unpaired) electrons. The third-order valence-corrected chi connectivity index (χ3v) is 5.27. The molecule has 1 N–H and O–H groups in total. The van der Waals surface area contributed by atoms with E-state index in [1.807, 2.05) is 54.8 Å². The Labute approximate surface area is 174 Å². The van der Waals surface area contributed by atoms with Crippen molar-refractivity contribution in [3.8, 4) is 5.75 Å². The summed E-state index contributed by atoms with van der Waals surface area (Å²) in [5.74, 6) is 0.690. The summed E-state index contributed by atoms with van der Waals surface area (Å²) >= 11 is 1.41. The number of carbonyl (C=O) groups excluding carboxylic acids is 2. The molecule has 29 heavy (non-hydrogen) atoms. The van der Waals surface area contributed by atoms with Crippen LogP contribution in [0.3, 0.4) is 0 Å². The summed E-state index contributed by atoms with van der Waals surface area (Å²) in [5, 5.41) is 4.76. The number of nitrogens with one attached hydrogen (secondary N) is 1. The van der Waals surface area contributed by atoms with E-state index in [0.717, 1.165) is 16.9 Å². The normalized spacial score (nSPS) is 10.4. The second kappa shape index (κ2) is 9.89. The second-order valence-electron chi connectivity index (χ2n) is 6.60. The zero-order valence-corrected chi connectivity index (χ0v) is 17.4. The Morgan fingerprint density at radius 2 is 1.69 bits per heavy atom. The molecule has 1 aromatic heterocycles. The number of amides is 2. The van der Waals surface area contributed by atoms with E-state index in [-0.39, 0.29) is 11.8 Å². The highest BCUT2D eigenvalue weighted by Crippen LogP contribution is 2.15. The van der Waals surface area contributed by atoms with Crippen LogP contribution in [0.1, 0.15) is 38.1 Å². The van der Waals surface area contributed by atoms with Crippen LogP contribution in [-0.4, -0.2) is 30.4 Å². The summed E-state index contributed by atoms with van der Waals surface area (Å²) in [6.07, 6.45) is 0. The van der Waals surface area contributed by atoms with Crippen LogP contribution in [0.4, 0.5) is 0 Å². The standard InChI is InChI=1S/C23H24N2O3S/c1-3-28-20-12-8-18(9-13-20)16-25(2)23(27)19-10-6-17(7-11-19)15-24-22(26)21-5-4-14-29-21/h4-14H,3,15-16H2,1-2H3,(H,24,26). The molecule has 0 atom stereocenters. The predicted octanol–water partition coefficient (Wildman–Crippen LogP) is 4.35. The Morgan fingerprint density at radius 3 is 2.31 bits per heavy atom. The molecule has 0 spiro atoms. The number of thiophene rings is 1. The lowest BCUT2D eigenvalue weighted by Gasteiger charge is -2.18. The molecule has 0 fully saturated rings. The van der Waals surface area contributed by atoms with Gasteiger partial charge in [-0.05, 0) is 53.8 Å². The largest absolute Gasteiger partial charge is 0.494 e. The maximum absolute atomic E-state index is 12.7. The summed E-state index contributed by atoms with van der Waals surface area (Å²) < 4.78 is 5.44. The molecule has 2 aromatic carbocycles. The van der Waals surface area contributed by atoms with Gasteiger partial charge in [-0.3, -0.25) is 9.59 Å². The van der Waals surface area contributed by atoms with Crippen LogP contribution in [0.2, 0.25) is 0 Å². The topological polar surface area (TPSA) is 58.6 Å². The van der Waals surface area contributed by atoms with Gasteiger partial charge in [0, 0.05) is 25.7 Å². The Morgan fingerprint density at radius 1 is 1.00 bits per heavy atom. The van der Waals surface area contributed by atoms with Gasteiger partial charge in [-0.15, -0.1) is 11.3 Å². The number of hydrogen-bond acceptors (Lipinski definition) is 4. The maximum Gasteiger partial charge on any atom is 0.261 e. The minimum Gasteiger partial charge on any atom is -0.494 e. The zero-order valence-electron chi connectivity index (χ0n) is 16.6. The lowest BCUT2D eigenvalue weighted by molar-refractivity contribution is 0.0784. The van der Waals surface area contributed by atoms with Crippen molar-refractivity contribution in [3.63, 3.8) is 0 Å². The molecule has 6 heteroatoms. The van der Waals surface area contributed by atoms with Crippen LogP contribution in [0.15, 0.2) is 66.0 Å². The summed E-state index contributed by atoms with van der Waals surface area (Å²) in [7, 11) is 1.79. The molecular formula is C23H24N2O3S. The van der Waals surface area contributed by atoms with Gasteiger partial charge in [-0.25, -0.2) is 0 Å². The average Bonchev–Trinajstić information content (AvgIpc) is 3.28. The van der Waals surface area contributed by atoms with E-state index in [9.17, 15) is 9.59 Å². The van der Waals surface area contributed by atoms with Crippen molar-refractivity contribution in [1.82, 2.24) is 10.2 Å². The highest BCUT2D eigenvalue weighted by Gasteiger charge is 2.12. The first-order valence-electron chi connectivity index (χ1n) is 9.44. The Balaban J connectivity index is 1.54. The van der Waals surface area contributed by atoms with Crippen LogP contribution in [0, 0.1) is 0 Å². The van der Waals surface area contributed by atoms with E-state index in [1.54, 1.807) is 30.1 Å². The van der Waals surface area contributed by atoms with Crippen LogP contribution in [-0.2, 0) is 13.1 Å². The Hall–Kier alpha value is -3.12. The first-order valence-corrected chi connectivity index (χ1v) is 10.3. The first kappa shape index (κ1) is 20.6. The summed E-state index contributed by atoms with van der Waals surface area (Å²) in [6, 6.07) is 18.7. The molecule has 150 valence electrons. The fourth-order valence-corrected chi connectivity index (χ4v) is 3.51. The third kappa shape index (κ3) is 5.68. The molecule has 0 aliphatic carbocycles. The fraction of sp³-hybridized carbons (Fsp3) is 0.217. The Bertz CT molecular complexity index is 935. The van der Waals surface area contributed by atoms with Gasteiger partial charge in [0.15, 0.2) is 0 Å². The van der Waals surface area contributed by atoms with Gasteiger partial charge in [0.2, 0.25) is 0 Å². The molecule has 0 saturated carbocycles. The van der Waals surface area contributed by atoms with Crippen molar-refractivity contribution in [2.75, 3.05) is 13.7 Å². The van der Waals surface area contributed by atoms with Crippen LogP contribution in [0.5, 0.6) is 5.75 Å². The van der Waals surface area contributed by atoms with Crippen molar-refractivity contribution in [2.45, 2.75) is 20.0 Å². The van der Waals surface area contributed by atoms with E-state index < -0.39 is 0 Å². The SMILES string of the molecule is CCOc1ccc(CN(C)C(=O)c2ccc(CNC(=O)c3cccs3)cc2)cc1. The molecular weight excluding hydrogens is 384 g/mol. The van der Waals surface area contributed by atoms with Crippen molar-refractivity contribution < 1.29 is 14.3 Å². The van der Waals surface area contributed by atoms with E-state index in [2.05, 4.69) is 5.32 Å². The van der Waals surface area contributed by atoms with Crippen LogP contribution >= 0.6 is 11.3 Å². The predicted molar refractivity (Wildman–Crippen MR) is 115 cm³/mol. The minimum atomic E-state index is -0.0877. The molecule has 0 aliphatic rings. The monoisotopic (exact) mass is 408 g/mol. The molecule has 0 unspecified atom stereocenters. The van der Waals surface area contributed by atoms with Crippen molar-refractivity contribution in [2.24, 2.45) is 0 Å². The number of rotatable bonds is 8. The molecule has 3 aromatic rings. The van der Waals surface area contributed by atoms with Gasteiger partial charge >= 0.3 is 0 Å². The van der Waals surface area contributed by atoms with Crippen molar-refractivity contribution in [1.29, 1.82) is 0 Å². The molecule has 2 amide bonds. The number of benzene rings is 2. The smallest absolute Gasteiger partial charge is 0.261 e. The van der Waals surface area contributed by atoms with Gasteiger partial charge in [0.1, 0.15) is 5.75 Å². The number of nitrogens with zero attached hydrogens (tertiary/aromatic N) is 1. The molecule has 0 bridgehead atoms. The maximum atomic E-state index is 12.7. The molecule has 3 rings (SSSR count). The zero-order chi connectivity index (χ0) is 20.6. The Kier molecular flexibility index (Phi) is 7.03. The first-order chi connectivity index (χ1) is 14.1. The van der Waals surface area contributed by atoms with E-state index in [4.69, 9.17) is 4.74 Å². The summed E-state index contributed by atoms with van der Waals surface area (Å²) in [5.41, 5.74) is 2.60. The number of hydrogen-bond donors (Lipinski definition) is 1. The lowest BCUT2D eigenvalue weighted by atomic mass is 10.1. The van der Waals surface area contributed by atoms with Crippen LogP contribution in [0.25, 0.3) is 0 Å². The van der Waals surface area contributed by atoms with Gasteiger partial charge in [-0.2, -0.15) is 0 Å². The lowest BCUT2D eigenvalue weighted by Crippen LogP contribution is -2.26. The summed E-state index contributed by atoms with van der Waals surface area (Å²) in [6.45, 7) is 3.52. The van der Waals surface area contributed by atoms with Crippen molar-refractivity contribution >= 4 is 23.2 Å². The van der Waals surface area contributed by atoms with Crippen LogP contribution < -0.4 is 10.1 Å². The average molecular weight is 409 g/mol. The molecule has 5 nitrogen and oxygen atoms in total. The van der Waals surface area contributed by atoms with Gasteiger partial charge in [0.05, 0.1) is 11.5 Å². The van der Waals surface area contributed by atoms with E-state index in [1.165, 1.54) is 11.3 Å². The van der Waals surface area contributed by atoms with Gasteiger partial charge in [-0.1, -0.05) is 30.3 Å².